The van der Waals surface area contributed by atoms with Crippen LogP contribution in [-0.4, -0.2) is 32.3 Å². The van der Waals surface area contributed by atoms with E-state index in [1.807, 2.05) is 0 Å². The summed E-state index contributed by atoms with van der Waals surface area (Å²) in [7, 11) is 1.13. The molecule has 1 aromatic carbocycles. The first-order valence-electron chi connectivity index (χ1n) is 6.05. The summed E-state index contributed by atoms with van der Waals surface area (Å²) < 4.78 is 47.7. The van der Waals surface area contributed by atoms with Crippen molar-refractivity contribution in [1.29, 1.82) is 0 Å². The maximum atomic E-state index is 12.7. The number of ether oxygens (including phenoxy) is 2. The fraction of sp³-hybridized carbons (Fsp3) is 0.462. The highest BCUT2D eigenvalue weighted by Crippen LogP contribution is 2.32. The third kappa shape index (κ3) is 3.22. The van der Waals surface area contributed by atoms with E-state index in [9.17, 15) is 18.0 Å². The van der Waals surface area contributed by atoms with Crippen molar-refractivity contribution in [1.82, 2.24) is 0 Å². The Labute approximate surface area is 113 Å². The largest absolute Gasteiger partial charge is 0.465 e. The summed E-state index contributed by atoms with van der Waals surface area (Å²) >= 11 is 0. The zero-order valence-electron chi connectivity index (χ0n) is 10.8. The zero-order valence-corrected chi connectivity index (χ0v) is 10.8. The Kier molecular flexibility index (Phi) is 4.17. The van der Waals surface area contributed by atoms with E-state index in [1.165, 1.54) is 6.07 Å². The van der Waals surface area contributed by atoms with Crippen LogP contribution in [0.15, 0.2) is 18.2 Å². The number of carbonyl (C=O) groups excluding carboxylic acids is 1. The van der Waals surface area contributed by atoms with Crippen molar-refractivity contribution in [2.24, 2.45) is 0 Å². The lowest BCUT2D eigenvalue weighted by Gasteiger charge is -2.17. The molecular weight excluding hydrogens is 275 g/mol. The molecule has 1 saturated heterocycles. The summed E-state index contributed by atoms with van der Waals surface area (Å²) in [4.78, 5) is 11.6. The van der Waals surface area contributed by atoms with Gasteiger partial charge < -0.3 is 14.8 Å². The van der Waals surface area contributed by atoms with Crippen LogP contribution in [0.25, 0.3) is 0 Å². The first-order valence-corrected chi connectivity index (χ1v) is 6.05. The highest BCUT2D eigenvalue weighted by Gasteiger charge is 2.32. The van der Waals surface area contributed by atoms with E-state index < -0.39 is 17.7 Å². The van der Waals surface area contributed by atoms with Crippen molar-refractivity contribution < 1.29 is 27.4 Å². The van der Waals surface area contributed by atoms with Gasteiger partial charge in [-0.25, -0.2) is 4.79 Å². The molecule has 0 saturated carbocycles. The van der Waals surface area contributed by atoms with Crippen molar-refractivity contribution >= 4 is 11.7 Å². The van der Waals surface area contributed by atoms with Crippen LogP contribution in [-0.2, 0) is 15.7 Å². The average molecular weight is 289 g/mol. The van der Waals surface area contributed by atoms with Crippen molar-refractivity contribution in [3.05, 3.63) is 29.3 Å². The molecule has 0 aliphatic carbocycles. The second kappa shape index (κ2) is 5.70. The van der Waals surface area contributed by atoms with Crippen LogP contribution >= 0.6 is 0 Å². The Morgan fingerprint density at radius 2 is 2.20 bits per heavy atom. The molecular formula is C13H14F3NO3. The number of alkyl halides is 3. The molecule has 2 rings (SSSR count). The van der Waals surface area contributed by atoms with Crippen LogP contribution < -0.4 is 5.32 Å². The standard InChI is InChI=1S/C13H14F3NO3/c1-19-12(18)10-6-8(13(14,15)16)2-3-11(10)17-9-4-5-20-7-9/h2-3,6,9,17H,4-5,7H2,1H3/t9-/m0/s1. The van der Waals surface area contributed by atoms with Crippen LogP contribution in [0.1, 0.15) is 22.3 Å². The van der Waals surface area contributed by atoms with Crippen molar-refractivity contribution in [2.45, 2.75) is 18.6 Å². The van der Waals surface area contributed by atoms with Gasteiger partial charge in [-0.15, -0.1) is 0 Å². The van der Waals surface area contributed by atoms with Crippen molar-refractivity contribution in [3.63, 3.8) is 0 Å². The van der Waals surface area contributed by atoms with Crippen LogP contribution in [0.2, 0.25) is 0 Å². The second-order valence-electron chi connectivity index (χ2n) is 4.45. The third-order valence-corrected chi connectivity index (χ3v) is 3.04. The number of benzene rings is 1. The molecule has 1 aliphatic heterocycles. The summed E-state index contributed by atoms with van der Waals surface area (Å²) in [5.74, 6) is -0.808. The minimum Gasteiger partial charge on any atom is -0.465 e. The number of methoxy groups -OCH3 is 1. The highest BCUT2D eigenvalue weighted by atomic mass is 19.4. The number of esters is 1. The molecule has 0 radical (unpaired) electrons. The molecule has 1 heterocycles. The SMILES string of the molecule is COC(=O)c1cc(C(F)(F)F)ccc1N[C@H]1CCOC1. The number of rotatable bonds is 3. The number of halogens is 3. The average Bonchev–Trinajstić information content (AvgIpc) is 2.90. The van der Waals surface area contributed by atoms with Gasteiger partial charge in [-0.05, 0) is 24.6 Å². The molecule has 0 aromatic heterocycles. The molecule has 0 amide bonds. The molecule has 20 heavy (non-hydrogen) atoms. The lowest BCUT2D eigenvalue weighted by atomic mass is 10.1. The van der Waals surface area contributed by atoms with E-state index in [-0.39, 0.29) is 11.6 Å². The molecule has 110 valence electrons. The lowest BCUT2D eigenvalue weighted by Crippen LogP contribution is -2.21. The topological polar surface area (TPSA) is 47.6 Å². The number of carbonyl (C=O) groups is 1. The molecule has 1 aromatic rings. The molecule has 7 heteroatoms. The molecule has 0 unspecified atom stereocenters. The van der Waals surface area contributed by atoms with Gasteiger partial charge in [0.2, 0.25) is 0 Å². The maximum absolute atomic E-state index is 12.7. The van der Waals surface area contributed by atoms with E-state index in [0.29, 0.717) is 18.9 Å². The minimum absolute atomic E-state index is 0.0184. The van der Waals surface area contributed by atoms with E-state index in [0.717, 1.165) is 25.7 Å². The van der Waals surface area contributed by atoms with Crippen molar-refractivity contribution in [2.75, 3.05) is 25.6 Å². The van der Waals surface area contributed by atoms with Crippen LogP contribution in [0, 0.1) is 0 Å². The number of anilines is 1. The second-order valence-corrected chi connectivity index (χ2v) is 4.45. The first-order chi connectivity index (χ1) is 9.41. The normalized spacial score (nSPS) is 18.9. The molecule has 1 fully saturated rings. The van der Waals surface area contributed by atoms with Gasteiger partial charge in [0, 0.05) is 12.3 Å². The Morgan fingerprint density at radius 3 is 2.75 bits per heavy atom. The summed E-state index contributed by atoms with van der Waals surface area (Å²) in [6.07, 6.45) is -3.76. The van der Waals surface area contributed by atoms with Crippen LogP contribution in [0.3, 0.4) is 0 Å². The van der Waals surface area contributed by atoms with Crippen LogP contribution in [0.4, 0.5) is 18.9 Å². The number of nitrogens with one attached hydrogen (secondary N) is 1. The van der Waals surface area contributed by atoms with Gasteiger partial charge in [-0.1, -0.05) is 0 Å². The van der Waals surface area contributed by atoms with E-state index >= 15 is 0 Å². The van der Waals surface area contributed by atoms with Crippen LogP contribution in [0.5, 0.6) is 0 Å². The summed E-state index contributed by atoms with van der Waals surface area (Å²) in [5.41, 5.74) is -0.694. The summed E-state index contributed by atoms with van der Waals surface area (Å²) in [6, 6.07) is 2.96. The number of hydrogen-bond acceptors (Lipinski definition) is 4. The highest BCUT2D eigenvalue weighted by molar-refractivity contribution is 5.96. The Bertz CT molecular complexity index is 496. The van der Waals surface area contributed by atoms with Gasteiger partial charge in [0.15, 0.2) is 0 Å². The smallest absolute Gasteiger partial charge is 0.416 e. The molecule has 0 spiro atoms. The summed E-state index contributed by atoms with van der Waals surface area (Å²) in [5, 5.41) is 3.01. The Balaban J connectivity index is 2.32. The maximum Gasteiger partial charge on any atom is 0.416 e. The fourth-order valence-corrected chi connectivity index (χ4v) is 1.99. The fourth-order valence-electron chi connectivity index (χ4n) is 1.99. The molecule has 4 nitrogen and oxygen atoms in total. The zero-order chi connectivity index (χ0) is 14.8. The van der Waals surface area contributed by atoms with E-state index in [1.54, 1.807) is 0 Å². The van der Waals surface area contributed by atoms with Gasteiger partial charge in [-0.3, -0.25) is 0 Å². The van der Waals surface area contributed by atoms with Gasteiger partial charge >= 0.3 is 12.1 Å². The molecule has 1 N–H and O–H groups in total. The Hall–Kier alpha value is -1.76. The quantitative estimate of drug-likeness (QED) is 0.869. The molecule has 1 atom stereocenters. The summed E-state index contributed by atoms with van der Waals surface area (Å²) in [6.45, 7) is 1.05. The monoisotopic (exact) mass is 289 g/mol. The van der Waals surface area contributed by atoms with E-state index in [4.69, 9.17) is 4.74 Å². The van der Waals surface area contributed by atoms with Gasteiger partial charge in [0.05, 0.1) is 30.9 Å². The lowest BCUT2D eigenvalue weighted by molar-refractivity contribution is -0.137. The van der Waals surface area contributed by atoms with Crippen molar-refractivity contribution in [3.8, 4) is 0 Å². The van der Waals surface area contributed by atoms with Gasteiger partial charge in [0.1, 0.15) is 0 Å². The predicted molar refractivity (Wildman–Crippen MR) is 65.6 cm³/mol. The number of hydrogen-bond donors (Lipinski definition) is 1. The predicted octanol–water partition coefficient (Wildman–Crippen LogP) is 2.69. The molecule has 0 bridgehead atoms. The van der Waals surface area contributed by atoms with E-state index in [2.05, 4.69) is 10.1 Å². The van der Waals surface area contributed by atoms with Gasteiger partial charge in [-0.2, -0.15) is 13.2 Å². The Morgan fingerprint density at radius 1 is 1.45 bits per heavy atom. The first kappa shape index (κ1) is 14.6. The van der Waals surface area contributed by atoms with Gasteiger partial charge in [0.25, 0.3) is 0 Å². The minimum atomic E-state index is -4.50. The molecule has 1 aliphatic rings. The third-order valence-electron chi connectivity index (χ3n) is 3.04.